The molecule has 1 heterocycles. The molecule has 0 aromatic rings. The zero-order chi connectivity index (χ0) is 5.98. The summed E-state index contributed by atoms with van der Waals surface area (Å²) in [5.74, 6) is -1.06. The molecule has 0 spiro atoms. The number of cyclic esters (lactones) is 1. The highest BCUT2D eigenvalue weighted by molar-refractivity contribution is 6.33. The first-order valence-electron chi connectivity index (χ1n) is 2.50. The standard InChI is InChI=1S/C5H6O3/c6-4-2-1-3-8-5(4)7/h1-3H2. The third kappa shape index (κ3) is 0.857. The first kappa shape index (κ1) is 5.28. The van der Waals surface area contributed by atoms with Gasteiger partial charge in [0.15, 0.2) is 0 Å². The normalized spacial score (nSPS) is 20.5. The predicted molar refractivity (Wildman–Crippen MR) is 25.2 cm³/mol. The van der Waals surface area contributed by atoms with Gasteiger partial charge in [0.25, 0.3) is 0 Å². The Morgan fingerprint density at radius 3 is 2.50 bits per heavy atom. The number of Topliss-reactive ketones (excluding diaryl/α,β-unsaturated/α-hetero) is 1. The number of ether oxygens (including phenoxy) is 1. The SMILES string of the molecule is O=C1CCCOC1=O. The van der Waals surface area contributed by atoms with Gasteiger partial charge < -0.3 is 4.74 Å². The van der Waals surface area contributed by atoms with Crippen molar-refractivity contribution in [2.24, 2.45) is 0 Å². The highest BCUT2D eigenvalue weighted by atomic mass is 16.5. The van der Waals surface area contributed by atoms with Crippen molar-refractivity contribution in [1.82, 2.24) is 0 Å². The Labute approximate surface area is 46.6 Å². The predicted octanol–water partition coefficient (Wildman–Crippen LogP) is -0.107. The lowest BCUT2D eigenvalue weighted by Gasteiger charge is -2.07. The Kier molecular flexibility index (Phi) is 1.28. The van der Waals surface area contributed by atoms with Gasteiger partial charge in [-0.3, -0.25) is 4.79 Å². The fraction of sp³-hybridized carbons (Fsp3) is 0.600. The molecule has 0 radical (unpaired) electrons. The Hall–Kier alpha value is -0.860. The molecule has 0 amide bonds. The monoisotopic (exact) mass is 114 g/mol. The molecule has 0 atom stereocenters. The second kappa shape index (κ2) is 1.94. The van der Waals surface area contributed by atoms with Crippen molar-refractivity contribution in [3.05, 3.63) is 0 Å². The van der Waals surface area contributed by atoms with Crippen molar-refractivity contribution in [1.29, 1.82) is 0 Å². The van der Waals surface area contributed by atoms with Crippen molar-refractivity contribution in [2.75, 3.05) is 6.61 Å². The van der Waals surface area contributed by atoms with E-state index in [0.29, 0.717) is 19.4 Å². The van der Waals surface area contributed by atoms with Crippen molar-refractivity contribution in [3.63, 3.8) is 0 Å². The summed E-state index contributed by atoms with van der Waals surface area (Å²) in [4.78, 5) is 20.5. The lowest BCUT2D eigenvalue weighted by Crippen LogP contribution is -2.23. The molecule has 0 unspecified atom stereocenters. The smallest absolute Gasteiger partial charge is 0.374 e. The molecule has 3 nitrogen and oxygen atoms in total. The maximum atomic E-state index is 10.3. The number of hydrogen-bond donors (Lipinski definition) is 0. The second-order valence-electron chi connectivity index (χ2n) is 1.66. The molecule has 1 fully saturated rings. The van der Waals surface area contributed by atoms with Crippen molar-refractivity contribution in [3.8, 4) is 0 Å². The molecular formula is C5H6O3. The van der Waals surface area contributed by atoms with Gasteiger partial charge in [-0.15, -0.1) is 0 Å². The molecule has 0 bridgehead atoms. The molecule has 1 aliphatic rings. The highest BCUT2D eigenvalue weighted by Crippen LogP contribution is 2.00. The minimum atomic E-state index is -0.670. The van der Waals surface area contributed by atoms with E-state index in [4.69, 9.17) is 0 Å². The number of rotatable bonds is 0. The third-order valence-electron chi connectivity index (χ3n) is 1.01. The number of hydrogen-bond acceptors (Lipinski definition) is 3. The summed E-state index contributed by atoms with van der Waals surface area (Å²) >= 11 is 0. The topological polar surface area (TPSA) is 43.4 Å². The number of ketones is 1. The summed E-state index contributed by atoms with van der Waals surface area (Å²) in [5.41, 5.74) is 0. The second-order valence-corrected chi connectivity index (χ2v) is 1.66. The average Bonchev–Trinajstić information content (AvgIpc) is 1.77. The van der Waals surface area contributed by atoms with Crippen LogP contribution in [0.1, 0.15) is 12.8 Å². The van der Waals surface area contributed by atoms with E-state index in [1.165, 1.54) is 0 Å². The van der Waals surface area contributed by atoms with E-state index in [1.54, 1.807) is 0 Å². The summed E-state index contributed by atoms with van der Waals surface area (Å²) in [5, 5.41) is 0. The first-order valence-corrected chi connectivity index (χ1v) is 2.50. The molecular weight excluding hydrogens is 108 g/mol. The van der Waals surface area contributed by atoms with Crippen molar-refractivity contribution < 1.29 is 14.3 Å². The van der Waals surface area contributed by atoms with Crippen LogP contribution in [0.4, 0.5) is 0 Å². The van der Waals surface area contributed by atoms with Crippen LogP contribution >= 0.6 is 0 Å². The molecule has 0 aliphatic carbocycles. The maximum absolute atomic E-state index is 10.3. The molecule has 1 rings (SSSR count). The summed E-state index contributed by atoms with van der Waals surface area (Å²) in [7, 11) is 0. The van der Waals surface area contributed by atoms with Gasteiger partial charge in [0.2, 0.25) is 5.78 Å². The number of esters is 1. The molecule has 0 saturated carbocycles. The van der Waals surface area contributed by atoms with E-state index in [2.05, 4.69) is 4.74 Å². The summed E-state index contributed by atoms with van der Waals surface area (Å²) in [6, 6.07) is 0. The first-order chi connectivity index (χ1) is 3.80. The Morgan fingerprint density at radius 1 is 1.38 bits per heavy atom. The van der Waals surface area contributed by atoms with E-state index in [1.807, 2.05) is 0 Å². The van der Waals surface area contributed by atoms with Gasteiger partial charge in [-0.05, 0) is 6.42 Å². The number of carbonyl (C=O) groups is 2. The molecule has 0 aromatic carbocycles. The molecule has 0 N–H and O–H groups in total. The van der Waals surface area contributed by atoms with Gasteiger partial charge in [0, 0.05) is 6.42 Å². The van der Waals surface area contributed by atoms with Gasteiger partial charge in [-0.2, -0.15) is 0 Å². The fourth-order valence-corrected chi connectivity index (χ4v) is 0.580. The Balaban J connectivity index is 2.52. The molecule has 1 saturated heterocycles. The summed E-state index contributed by atoms with van der Waals surface area (Å²) in [6.07, 6.45) is 1.05. The lowest BCUT2D eigenvalue weighted by molar-refractivity contribution is -0.157. The van der Waals surface area contributed by atoms with Crippen molar-refractivity contribution in [2.45, 2.75) is 12.8 Å². The molecule has 44 valence electrons. The largest absolute Gasteiger partial charge is 0.460 e. The van der Waals surface area contributed by atoms with Gasteiger partial charge >= 0.3 is 5.97 Å². The lowest BCUT2D eigenvalue weighted by atomic mass is 10.2. The van der Waals surface area contributed by atoms with Crippen LogP contribution in [0.3, 0.4) is 0 Å². The van der Waals surface area contributed by atoms with Crippen molar-refractivity contribution >= 4 is 11.8 Å². The zero-order valence-electron chi connectivity index (χ0n) is 4.35. The summed E-state index contributed by atoms with van der Waals surface area (Å²) < 4.78 is 4.40. The summed E-state index contributed by atoms with van der Waals surface area (Å²) in [6.45, 7) is 0.407. The molecule has 1 aliphatic heterocycles. The van der Waals surface area contributed by atoms with Crippen LogP contribution in [-0.4, -0.2) is 18.4 Å². The Morgan fingerprint density at radius 2 is 2.12 bits per heavy atom. The van der Waals surface area contributed by atoms with Crippen LogP contribution in [0, 0.1) is 0 Å². The third-order valence-corrected chi connectivity index (χ3v) is 1.01. The van der Waals surface area contributed by atoms with Crippen LogP contribution in [-0.2, 0) is 14.3 Å². The van der Waals surface area contributed by atoms with E-state index in [0.717, 1.165) is 0 Å². The molecule has 0 aromatic heterocycles. The van der Waals surface area contributed by atoms with E-state index in [-0.39, 0.29) is 0 Å². The quantitative estimate of drug-likeness (QED) is 0.326. The van der Waals surface area contributed by atoms with E-state index < -0.39 is 11.8 Å². The molecule has 8 heavy (non-hydrogen) atoms. The number of carbonyl (C=O) groups excluding carboxylic acids is 2. The van der Waals surface area contributed by atoms with Gasteiger partial charge in [-0.1, -0.05) is 0 Å². The zero-order valence-corrected chi connectivity index (χ0v) is 4.35. The van der Waals surface area contributed by atoms with Crippen LogP contribution in [0.5, 0.6) is 0 Å². The van der Waals surface area contributed by atoms with E-state index in [9.17, 15) is 9.59 Å². The Bertz CT molecular complexity index is 112. The van der Waals surface area contributed by atoms with Crippen LogP contribution < -0.4 is 0 Å². The minimum Gasteiger partial charge on any atom is -0.460 e. The van der Waals surface area contributed by atoms with Gasteiger partial charge in [0.1, 0.15) is 0 Å². The van der Waals surface area contributed by atoms with Crippen LogP contribution in [0.25, 0.3) is 0 Å². The molecule has 3 heteroatoms. The maximum Gasteiger partial charge on any atom is 0.374 e. The van der Waals surface area contributed by atoms with Crippen LogP contribution in [0.2, 0.25) is 0 Å². The average molecular weight is 114 g/mol. The fourth-order valence-electron chi connectivity index (χ4n) is 0.580. The highest BCUT2D eigenvalue weighted by Gasteiger charge is 2.18. The minimum absolute atomic E-state index is 0.360. The van der Waals surface area contributed by atoms with E-state index >= 15 is 0 Å². The van der Waals surface area contributed by atoms with Gasteiger partial charge in [-0.25, -0.2) is 4.79 Å². The van der Waals surface area contributed by atoms with Crippen LogP contribution in [0.15, 0.2) is 0 Å². The van der Waals surface area contributed by atoms with Gasteiger partial charge in [0.05, 0.1) is 6.61 Å².